The summed E-state index contributed by atoms with van der Waals surface area (Å²) in [5, 5.41) is 7.89. The Morgan fingerprint density at radius 3 is 0.810 bits per heavy atom. The highest BCUT2D eigenvalue weighted by Gasteiger charge is 1.96. The van der Waals surface area contributed by atoms with Gasteiger partial charge in [0.2, 0.25) is 12.2 Å². The molecule has 0 aromatic rings. The second kappa shape index (κ2) is 38.6. The number of nitrogens with zero attached hydrogens (tertiary/aromatic N) is 2. The van der Waals surface area contributed by atoms with Crippen LogP contribution in [0.15, 0.2) is 22.1 Å². The summed E-state index contributed by atoms with van der Waals surface area (Å²) in [6, 6.07) is 0. The highest BCUT2D eigenvalue weighted by molar-refractivity contribution is 5.84. The van der Waals surface area contributed by atoms with Crippen LogP contribution in [0.25, 0.3) is 0 Å². The van der Waals surface area contributed by atoms with Crippen LogP contribution >= 0.6 is 0 Å². The third kappa shape index (κ3) is 145. The number of unbranched alkanes of at least 4 members (excludes halogenated alkanes) is 3. The number of epoxide rings is 8. The molecule has 0 unspecified atom stereocenters. The van der Waals surface area contributed by atoms with Crippen molar-refractivity contribution < 1.29 is 57.4 Å². The van der Waals surface area contributed by atoms with Gasteiger partial charge in [-0.1, -0.05) is 19.4 Å². The van der Waals surface area contributed by atoms with Crippen LogP contribution in [-0.4, -0.2) is 142 Å². The van der Waals surface area contributed by atoms with Crippen LogP contribution in [0.5, 0.6) is 0 Å². The number of hydrogen-bond donors (Lipinski definition) is 1. The highest BCUT2D eigenvalue weighted by Crippen LogP contribution is 1.99. The first-order valence-corrected chi connectivity index (χ1v) is 14.1. The molecule has 42 heavy (non-hydrogen) atoms. The van der Waals surface area contributed by atoms with Gasteiger partial charge in [-0.3, -0.25) is 0 Å². The van der Waals surface area contributed by atoms with E-state index in [1.165, 1.54) is 19.1 Å². The molecule has 14 nitrogen and oxygen atoms in total. The zero-order valence-corrected chi connectivity index (χ0v) is 25.1. The topological polar surface area (TPSA) is 196 Å². The van der Waals surface area contributed by atoms with Crippen molar-refractivity contribution in [1.82, 2.24) is 0 Å². The predicted molar refractivity (Wildman–Crippen MR) is 153 cm³/mol. The van der Waals surface area contributed by atoms with Crippen molar-refractivity contribution in [2.45, 2.75) is 32.6 Å². The monoisotopic (exact) mass is 606 g/mol. The first-order valence-electron chi connectivity index (χ1n) is 14.1. The third-order valence-electron chi connectivity index (χ3n) is 3.42. The van der Waals surface area contributed by atoms with Crippen molar-refractivity contribution in [3.05, 3.63) is 12.2 Å². The van der Waals surface area contributed by atoms with Gasteiger partial charge in [0, 0.05) is 5.57 Å². The van der Waals surface area contributed by atoms with Crippen molar-refractivity contribution in [2.24, 2.45) is 9.98 Å². The summed E-state index contributed by atoms with van der Waals surface area (Å²) in [4.78, 5) is 35.7. The van der Waals surface area contributed by atoms with Crippen molar-refractivity contribution in [1.29, 1.82) is 0 Å². The molecule has 1 N–H and O–H groups in total. The molecule has 0 amide bonds. The number of carboxylic acids is 1. The summed E-state index contributed by atoms with van der Waals surface area (Å²) in [6.45, 7) is 21.7. The largest absolute Gasteiger partial charge is 0.478 e. The lowest BCUT2D eigenvalue weighted by molar-refractivity contribution is -0.132. The SMILES string of the molecule is C1CO1.C1CO1.C1CO1.C1CO1.C1CO1.C1CO1.C1CO1.C1CO1.C=C(C)C(=O)O.O=C=NCCCCCCN=C=O. The van der Waals surface area contributed by atoms with E-state index >= 15 is 0 Å². The van der Waals surface area contributed by atoms with Crippen molar-refractivity contribution >= 4 is 18.1 Å². The molecule has 0 bridgehead atoms. The van der Waals surface area contributed by atoms with Gasteiger partial charge < -0.3 is 43.0 Å². The number of aliphatic carboxylic acids is 1. The fourth-order valence-corrected chi connectivity index (χ4v) is 0.827. The van der Waals surface area contributed by atoms with Crippen LogP contribution in [0.3, 0.4) is 0 Å². The predicted octanol–water partition coefficient (Wildman–Crippen LogP) is 2.00. The van der Waals surface area contributed by atoms with E-state index in [2.05, 4.69) is 54.5 Å². The lowest BCUT2D eigenvalue weighted by atomic mass is 10.2. The minimum Gasteiger partial charge on any atom is -0.478 e. The molecule has 8 aliphatic heterocycles. The number of ether oxygens (including phenoxy) is 8. The van der Waals surface area contributed by atoms with Gasteiger partial charge in [0.15, 0.2) is 0 Å². The number of isocyanates is 2. The number of rotatable bonds is 8. The third-order valence-corrected chi connectivity index (χ3v) is 3.42. The summed E-state index contributed by atoms with van der Waals surface area (Å²) in [6.07, 6.45) is 6.80. The van der Waals surface area contributed by atoms with E-state index in [-0.39, 0.29) is 5.57 Å². The van der Waals surface area contributed by atoms with E-state index in [1.807, 2.05) is 0 Å². The summed E-state index contributed by atoms with van der Waals surface area (Å²) in [7, 11) is 0. The zero-order chi connectivity index (χ0) is 31.2. The highest BCUT2D eigenvalue weighted by atomic mass is 16.6. The lowest BCUT2D eigenvalue weighted by Gasteiger charge is -1.93. The van der Waals surface area contributed by atoms with E-state index < -0.39 is 5.97 Å². The van der Waals surface area contributed by atoms with Crippen LogP contribution in [0, 0.1) is 0 Å². The van der Waals surface area contributed by atoms with Crippen LogP contribution in [-0.2, 0) is 52.3 Å². The number of hydrogen-bond acceptors (Lipinski definition) is 13. The molecule has 0 saturated carbocycles. The summed E-state index contributed by atoms with van der Waals surface area (Å²) in [5.41, 5.74) is 0.176. The molecule has 8 fully saturated rings. The van der Waals surface area contributed by atoms with E-state index in [0.717, 1.165) is 131 Å². The second-order valence-electron chi connectivity index (χ2n) is 8.34. The number of aliphatic imine (C=N–C) groups is 2. The van der Waals surface area contributed by atoms with E-state index in [1.54, 1.807) is 0 Å². The Kier molecular flexibility index (Phi) is 38.5. The fourth-order valence-electron chi connectivity index (χ4n) is 0.827. The molecule has 0 aromatic carbocycles. The summed E-state index contributed by atoms with van der Waals surface area (Å²) < 4.78 is 36.0. The number of carbonyl (C=O) groups is 1. The van der Waals surface area contributed by atoms with Gasteiger partial charge in [-0.05, 0) is 19.8 Å². The van der Waals surface area contributed by atoms with Crippen LogP contribution in [0.1, 0.15) is 32.6 Å². The Morgan fingerprint density at radius 2 is 0.714 bits per heavy atom. The molecular weight excluding hydrogens is 556 g/mol. The molecule has 0 radical (unpaired) electrons. The molecule has 8 saturated heterocycles. The number of carbonyl (C=O) groups excluding carboxylic acids is 2. The Morgan fingerprint density at radius 1 is 0.548 bits per heavy atom. The zero-order valence-electron chi connectivity index (χ0n) is 25.1. The van der Waals surface area contributed by atoms with Gasteiger partial charge in [0.25, 0.3) is 0 Å². The van der Waals surface area contributed by atoms with Crippen molar-refractivity contribution in [3.8, 4) is 0 Å². The Labute approximate surface area is 249 Å². The molecule has 0 aliphatic carbocycles. The van der Waals surface area contributed by atoms with Gasteiger partial charge in [0.05, 0.1) is 119 Å². The Hall–Kier alpha value is -2.35. The maximum atomic E-state index is 9.63. The van der Waals surface area contributed by atoms with Crippen LogP contribution in [0.2, 0.25) is 0 Å². The maximum Gasteiger partial charge on any atom is 0.330 e. The van der Waals surface area contributed by atoms with Gasteiger partial charge in [-0.25, -0.2) is 24.4 Å². The standard InChI is InChI=1S/C8H12N2O2.C4H6O2.8C2H4O/c11-7-9-5-3-1-2-4-6-10-8-12;1-3(2)4(5)6;8*1-2-3-1/h1-6H2;1H2,2H3,(H,5,6);8*1-2H2. The minimum absolute atomic E-state index is 0.176. The average Bonchev–Trinajstić information content (AvgIpc) is 3.87. The average molecular weight is 607 g/mol. The molecule has 0 spiro atoms. The molecule has 8 aliphatic rings. The molecule has 8 rings (SSSR count). The van der Waals surface area contributed by atoms with Crippen molar-refractivity contribution in [2.75, 3.05) is 119 Å². The van der Waals surface area contributed by atoms with Gasteiger partial charge in [-0.2, -0.15) is 0 Å². The molecule has 244 valence electrons. The summed E-state index contributed by atoms with van der Waals surface area (Å²) in [5.74, 6) is -0.935. The van der Waals surface area contributed by atoms with Crippen LogP contribution in [0.4, 0.5) is 0 Å². The van der Waals surface area contributed by atoms with Crippen molar-refractivity contribution in [3.63, 3.8) is 0 Å². The van der Waals surface area contributed by atoms with Gasteiger partial charge in [-0.15, -0.1) is 0 Å². The lowest BCUT2D eigenvalue weighted by Crippen LogP contribution is -1.92. The fraction of sp³-hybridized carbons (Fsp3) is 0.821. The first-order chi connectivity index (χ1) is 20.6. The van der Waals surface area contributed by atoms with E-state index in [9.17, 15) is 14.4 Å². The Bertz CT molecular complexity index is 554. The van der Waals surface area contributed by atoms with Gasteiger partial charge >= 0.3 is 5.97 Å². The second-order valence-corrected chi connectivity index (χ2v) is 8.34. The molecule has 14 heteroatoms. The smallest absolute Gasteiger partial charge is 0.330 e. The minimum atomic E-state index is -0.935. The molecular formula is C28H50N2O12. The molecule has 0 atom stereocenters. The van der Waals surface area contributed by atoms with Gasteiger partial charge in [0.1, 0.15) is 0 Å². The maximum absolute atomic E-state index is 9.63. The van der Waals surface area contributed by atoms with E-state index in [4.69, 9.17) is 5.11 Å². The molecule has 0 aromatic heterocycles. The quantitative estimate of drug-likeness (QED) is 0.139. The normalized spacial score (nSPS) is 17.2. The first kappa shape index (κ1) is 41.8. The van der Waals surface area contributed by atoms with E-state index in [0.29, 0.717) is 13.1 Å². The number of carboxylic acid groups (broad SMARTS) is 1. The molecule has 8 heterocycles. The Balaban J connectivity index is 0. The van der Waals surface area contributed by atoms with Crippen LogP contribution < -0.4 is 0 Å². The summed E-state index contributed by atoms with van der Waals surface area (Å²) >= 11 is 0.